The van der Waals surface area contributed by atoms with E-state index in [2.05, 4.69) is 5.32 Å². The van der Waals surface area contributed by atoms with Crippen LogP contribution in [-0.2, 0) is 9.59 Å². The lowest BCUT2D eigenvalue weighted by molar-refractivity contribution is -0.126. The summed E-state index contributed by atoms with van der Waals surface area (Å²) in [4.78, 5) is 24.1. The van der Waals surface area contributed by atoms with Crippen LogP contribution in [0.3, 0.4) is 0 Å². The van der Waals surface area contributed by atoms with Crippen molar-refractivity contribution in [2.24, 2.45) is 5.92 Å². The first-order chi connectivity index (χ1) is 11.0. The molecule has 0 spiro atoms. The summed E-state index contributed by atoms with van der Waals surface area (Å²) in [5, 5.41) is 11.7. The Morgan fingerprint density at radius 1 is 1.26 bits per heavy atom. The molecule has 0 bridgehead atoms. The highest BCUT2D eigenvalue weighted by Crippen LogP contribution is 2.13. The number of benzene rings is 1. The largest absolute Gasteiger partial charge is 0.462 e. The molecule has 0 saturated carbocycles. The van der Waals surface area contributed by atoms with Crippen LogP contribution in [0.25, 0.3) is 6.08 Å². The third kappa shape index (κ3) is 4.42. The number of nitrogens with one attached hydrogen (secondary N) is 1. The van der Waals surface area contributed by atoms with Crippen LogP contribution in [-0.4, -0.2) is 11.7 Å². The van der Waals surface area contributed by atoms with E-state index in [0.29, 0.717) is 17.2 Å². The zero-order valence-corrected chi connectivity index (χ0v) is 12.9. The molecular formula is C18H16N2O3. The molecule has 5 nitrogen and oxygen atoms in total. The summed E-state index contributed by atoms with van der Waals surface area (Å²) in [5.74, 6) is -1.43. The van der Waals surface area contributed by atoms with Crippen molar-refractivity contribution < 1.29 is 14.0 Å². The van der Waals surface area contributed by atoms with E-state index >= 15 is 0 Å². The van der Waals surface area contributed by atoms with Crippen LogP contribution in [0.1, 0.15) is 17.1 Å². The van der Waals surface area contributed by atoms with E-state index in [9.17, 15) is 9.59 Å². The summed E-state index contributed by atoms with van der Waals surface area (Å²) in [7, 11) is 0. The first kappa shape index (κ1) is 16.2. The van der Waals surface area contributed by atoms with Gasteiger partial charge in [0.15, 0.2) is 11.7 Å². The van der Waals surface area contributed by atoms with Crippen molar-refractivity contribution in [1.82, 2.24) is 0 Å². The van der Waals surface area contributed by atoms with Crippen LogP contribution >= 0.6 is 0 Å². The summed E-state index contributed by atoms with van der Waals surface area (Å²) in [6.45, 7) is 3.67. The molecule has 2 rings (SSSR count). The molecule has 23 heavy (non-hydrogen) atoms. The highest BCUT2D eigenvalue weighted by molar-refractivity contribution is 6.14. The number of rotatable bonds is 5. The van der Waals surface area contributed by atoms with Crippen molar-refractivity contribution in [3.63, 3.8) is 0 Å². The van der Waals surface area contributed by atoms with Gasteiger partial charge < -0.3 is 9.73 Å². The van der Waals surface area contributed by atoms with Crippen molar-refractivity contribution in [2.45, 2.75) is 13.8 Å². The molecule has 0 aliphatic rings. The highest BCUT2D eigenvalue weighted by Gasteiger charge is 2.24. The molecule has 1 atom stereocenters. The van der Waals surface area contributed by atoms with Crippen molar-refractivity contribution in [3.8, 4) is 6.07 Å². The first-order valence-corrected chi connectivity index (χ1v) is 7.05. The van der Waals surface area contributed by atoms with Gasteiger partial charge in [-0.05, 0) is 55.8 Å². The average Bonchev–Trinajstić information content (AvgIpc) is 2.91. The Kier molecular flexibility index (Phi) is 5.11. The van der Waals surface area contributed by atoms with E-state index in [1.54, 1.807) is 43.3 Å². The van der Waals surface area contributed by atoms with Crippen LogP contribution in [0.5, 0.6) is 0 Å². The molecule has 0 unspecified atom stereocenters. The van der Waals surface area contributed by atoms with Crippen molar-refractivity contribution >= 4 is 23.5 Å². The molecular weight excluding hydrogens is 292 g/mol. The number of nitriles is 1. The third-order valence-electron chi connectivity index (χ3n) is 3.13. The number of allylic oxidation sites excluding steroid dienone is 1. The number of ketones is 1. The van der Waals surface area contributed by atoms with Crippen LogP contribution in [0.4, 0.5) is 5.69 Å². The number of amides is 1. The van der Waals surface area contributed by atoms with Gasteiger partial charge >= 0.3 is 0 Å². The second-order valence-electron chi connectivity index (χ2n) is 5.10. The van der Waals surface area contributed by atoms with E-state index in [4.69, 9.17) is 9.68 Å². The van der Waals surface area contributed by atoms with E-state index in [1.807, 2.05) is 13.0 Å². The lowest BCUT2D eigenvalue weighted by Gasteiger charge is -2.08. The highest BCUT2D eigenvalue weighted by atomic mass is 16.3. The average molecular weight is 308 g/mol. The quantitative estimate of drug-likeness (QED) is 0.679. The Hall–Kier alpha value is -3.13. The minimum Gasteiger partial charge on any atom is -0.462 e. The minimum absolute atomic E-state index is 0.492. The molecule has 0 aliphatic heterocycles. The number of furan rings is 1. The van der Waals surface area contributed by atoms with E-state index in [0.717, 1.165) is 5.56 Å². The van der Waals surface area contributed by atoms with Crippen LogP contribution < -0.4 is 5.32 Å². The van der Waals surface area contributed by atoms with Gasteiger partial charge in [0.05, 0.1) is 6.07 Å². The molecule has 116 valence electrons. The second kappa shape index (κ2) is 7.23. The second-order valence-corrected chi connectivity index (χ2v) is 5.10. The summed E-state index contributed by atoms with van der Waals surface area (Å²) >= 11 is 0. The van der Waals surface area contributed by atoms with Gasteiger partial charge in [-0.3, -0.25) is 9.59 Å². The minimum atomic E-state index is -1.40. The van der Waals surface area contributed by atoms with Crippen LogP contribution in [0.15, 0.2) is 46.9 Å². The number of hydrogen-bond acceptors (Lipinski definition) is 4. The Morgan fingerprint density at radius 2 is 2.04 bits per heavy atom. The number of hydrogen-bond donors (Lipinski definition) is 1. The van der Waals surface area contributed by atoms with Gasteiger partial charge in [-0.1, -0.05) is 12.1 Å². The number of anilines is 1. The topological polar surface area (TPSA) is 83.1 Å². The summed E-state index contributed by atoms with van der Waals surface area (Å²) < 4.78 is 5.29. The summed E-state index contributed by atoms with van der Waals surface area (Å²) in [6, 6.07) is 12.3. The predicted molar refractivity (Wildman–Crippen MR) is 86.4 cm³/mol. The zero-order chi connectivity index (χ0) is 16.8. The normalized spacial score (nSPS) is 11.9. The van der Waals surface area contributed by atoms with Gasteiger partial charge in [0, 0.05) is 5.69 Å². The fourth-order valence-electron chi connectivity index (χ4n) is 1.99. The maximum absolute atomic E-state index is 12.1. The fraction of sp³-hybridized carbons (Fsp3) is 0.167. The zero-order valence-electron chi connectivity index (χ0n) is 12.9. The van der Waals surface area contributed by atoms with Gasteiger partial charge in [-0.2, -0.15) is 5.26 Å². The number of carbonyl (C=O) groups is 2. The predicted octanol–water partition coefficient (Wildman–Crippen LogP) is 3.26. The molecule has 1 heterocycles. The molecule has 1 amide bonds. The number of nitrogens with zero attached hydrogens (tertiary/aromatic N) is 1. The van der Waals surface area contributed by atoms with E-state index < -0.39 is 17.6 Å². The summed E-state index contributed by atoms with van der Waals surface area (Å²) in [6.07, 6.45) is 2.63. The molecule has 0 radical (unpaired) electrons. The standard InChI is InChI=1S/C18H16N2O3/c1-12-4-3-5-14(10-12)20-18(22)16(11-19)17(21)9-8-15-7-6-13(2)23-15/h3-10,16H,1-2H3,(H,20,22)/b9-8-/t16-/m1/s1. The van der Waals surface area contributed by atoms with Gasteiger partial charge in [0.1, 0.15) is 11.5 Å². The number of aryl methyl sites for hydroxylation is 2. The van der Waals surface area contributed by atoms with E-state index in [1.165, 1.54) is 12.2 Å². The summed E-state index contributed by atoms with van der Waals surface area (Å²) in [5.41, 5.74) is 1.52. The van der Waals surface area contributed by atoms with Crippen molar-refractivity contribution in [1.29, 1.82) is 5.26 Å². The molecule has 0 saturated heterocycles. The molecule has 0 aliphatic carbocycles. The monoisotopic (exact) mass is 308 g/mol. The molecule has 1 aromatic heterocycles. The SMILES string of the molecule is Cc1cccc(NC(=O)[C@H](C#N)C(=O)/C=C\c2ccc(C)o2)c1. The Balaban J connectivity index is 2.06. The lowest BCUT2D eigenvalue weighted by atomic mass is 10.0. The van der Waals surface area contributed by atoms with Gasteiger partial charge in [-0.25, -0.2) is 0 Å². The van der Waals surface area contributed by atoms with Crippen LogP contribution in [0.2, 0.25) is 0 Å². The fourth-order valence-corrected chi connectivity index (χ4v) is 1.99. The van der Waals surface area contributed by atoms with Gasteiger partial charge in [-0.15, -0.1) is 0 Å². The first-order valence-electron chi connectivity index (χ1n) is 7.05. The maximum atomic E-state index is 12.1. The van der Waals surface area contributed by atoms with Gasteiger partial charge in [0.2, 0.25) is 5.91 Å². The van der Waals surface area contributed by atoms with E-state index in [-0.39, 0.29) is 0 Å². The molecule has 1 N–H and O–H groups in total. The Bertz CT molecular complexity index is 797. The lowest BCUT2D eigenvalue weighted by Crippen LogP contribution is -2.27. The number of carbonyl (C=O) groups excluding carboxylic acids is 2. The molecule has 5 heteroatoms. The van der Waals surface area contributed by atoms with Crippen LogP contribution in [0, 0.1) is 31.1 Å². The van der Waals surface area contributed by atoms with Gasteiger partial charge in [0.25, 0.3) is 0 Å². The Morgan fingerprint density at radius 3 is 2.65 bits per heavy atom. The maximum Gasteiger partial charge on any atom is 0.249 e. The van der Waals surface area contributed by atoms with Crippen molar-refractivity contribution in [2.75, 3.05) is 5.32 Å². The molecule has 1 aromatic carbocycles. The molecule has 2 aromatic rings. The Labute approximate surface area is 134 Å². The third-order valence-corrected chi connectivity index (χ3v) is 3.13. The van der Waals surface area contributed by atoms with Crippen molar-refractivity contribution in [3.05, 3.63) is 59.6 Å². The molecule has 0 fully saturated rings. The smallest absolute Gasteiger partial charge is 0.249 e.